The van der Waals surface area contributed by atoms with E-state index in [4.69, 9.17) is 39.5 Å². The topological polar surface area (TPSA) is 56.1 Å². The van der Waals surface area contributed by atoms with Crippen molar-refractivity contribution in [3.8, 4) is 5.69 Å². The van der Waals surface area contributed by atoms with Crippen LogP contribution >= 0.6 is 34.8 Å². The van der Waals surface area contributed by atoms with Gasteiger partial charge in [-0.15, -0.1) is 0 Å². The van der Waals surface area contributed by atoms with E-state index in [0.717, 1.165) is 4.68 Å². The van der Waals surface area contributed by atoms with Crippen LogP contribution in [0.1, 0.15) is 6.92 Å². The molecule has 0 spiro atoms. The first-order valence-electron chi connectivity index (χ1n) is 6.44. The van der Waals surface area contributed by atoms with Gasteiger partial charge in [-0.05, 0) is 25.1 Å². The monoisotopic (exact) mass is 361 g/mol. The van der Waals surface area contributed by atoms with Crippen molar-refractivity contribution in [1.82, 2.24) is 9.78 Å². The van der Waals surface area contributed by atoms with Gasteiger partial charge in [0.15, 0.2) is 0 Å². The fourth-order valence-corrected chi connectivity index (χ4v) is 2.40. The Balaban J connectivity index is 2.36. The lowest BCUT2D eigenvalue weighted by Crippen LogP contribution is -2.25. The third-order valence-electron chi connectivity index (χ3n) is 3.04. The summed E-state index contributed by atoms with van der Waals surface area (Å²) in [5.41, 5.74) is 0.382. The van der Waals surface area contributed by atoms with Gasteiger partial charge in [0.2, 0.25) is 0 Å². The number of ether oxygens (including phenoxy) is 1. The SMILES string of the molecule is COC(C)CNc1cnn(-c2ccc(Cl)cc2Cl)c(=O)c1Cl. The van der Waals surface area contributed by atoms with Crippen molar-refractivity contribution in [3.05, 3.63) is 49.8 Å². The quantitative estimate of drug-likeness (QED) is 0.882. The Morgan fingerprint density at radius 2 is 2.09 bits per heavy atom. The minimum atomic E-state index is -0.471. The Labute approximate surface area is 142 Å². The van der Waals surface area contributed by atoms with Crippen LogP contribution in [-0.4, -0.2) is 29.5 Å². The maximum atomic E-state index is 12.3. The number of hydrogen-bond donors (Lipinski definition) is 1. The standard InChI is InChI=1S/C14H14Cl3N3O2/c1-8(22-2)6-18-11-7-19-20(14(21)13(11)17)12-4-3-9(15)5-10(12)16/h3-5,7-8,18H,6H2,1-2H3. The number of benzene rings is 1. The van der Waals surface area contributed by atoms with Gasteiger partial charge in [0.1, 0.15) is 5.02 Å². The summed E-state index contributed by atoms with van der Waals surface area (Å²) >= 11 is 18.0. The van der Waals surface area contributed by atoms with Crippen molar-refractivity contribution in [2.24, 2.45) is 0 Å². The van der Waals surface area contributed by atoms with Crippen LogP contribution < -0.4 is 10.9 Å². The molecule has 2 aromatic rings. The van der Waals surface area contributed by atoms with E-state index in [2.05, 4.69) is 10.4 Å². The number of halogens is 3. The number of anilines is 1. The molecule has 1 aromatic carbocycles. The molecule has 0 saturated heterocycles. The molecule has 8 heteroatoms. The van der Waals surface area contributed by atoms with Gasteiger partial charge in [-0.2, -0.15) is 9.78 Å². The first kappa shape index (κ1) is 17.1. The zero-order valence-electron chi connectivity index (χ0n) is 11.9. The Morgan fingerprint density at radius 1 is 1.36 bits per heavy atom. The number of methoxy groups -OCH3 is 1. The predicted octanol–water partition coefficient (Wildman–Crippen LogP) is 3.64. The summed E-state index contributed by atoms with van der Waals surface area (Å²) in [5, 5.41) is 7.93. The first-order valence-corrected chi connectivity index (χ1v) is 7.57. The summed E-state index contributed by atoms with van der Waals surface area (Å²) < 4.78 is 6.25. The predicted molar refractivity (Wildman–Crippen MR) is 89.8 cm³/mol. The smallest absolute Gasteiger partial charge is 0.292 e. The minimum Gasteiger partial charge on any atom is -0.380 e. The number of nitrogens with one attached hydrogen (secondary N) is 1. The van der Waals surface area contributed by atoms with Gasteiger partial charge in [-0.1, -0.05) is 34.8 Å². The summed E-state index contributed by atoms with van der Waals surface area (Å²) in [6.07, 6.45) is 1.45. The van der Waals surface area contributed by atoms with Crippen LogP contribution in [0.4, 0.5) is 5.69 Å². The van der Waals surface area contributed by atoms with Gasteiger partial charge in [-0.3, -0.25) is 4.79 Å². The summed E-state index contributed by atoms with van der Waals surface area (Å²) in [7, 11) is 1.60. The normalized spacial score (nSPS) is 12.2. The molecule has 1 aromatic heterocycles. The van der Waals surface area contributed by atoms with E-state index in [1.807, 2.05) is 6.92 Å². The van der Waals surface area contributed by atoms with Crippen LogP contribution in [-0.2, 0) is 4.74 Å². The molecule has 5 nitrogen and oxygen atoms in total. The lowest BCUT2D eigenvalue weighted by molar-refractivity contribution is 0.129. The molecule has 0 aliphatic carbocycles. The third kappa shape index (κ3) is 3.73. The van der Waals surface area contributed by atoms with E-state index in [1.54, 1.807) is 19.2 Å². The maximum absolute atomic E-state index is 12.3. The molecule has 1 N–H and O–H groups in total. The van der Waals surface area contributed by atoms with Gasteiger partial charge in [0.25, 0.3) is 5.56 Å². The lowest BCUT2D eigenvalue weighted by atomic mass is 10.3. The van der Waals surface area contributed by atoms with Crippen molar-refractivity contribution >= 4 is 40.5 Å². The maximum Gasteiger partial charge on any atom is 0.292 e. The Hall–Kier alpha value is -1.27. The van der Waals surface area contributed by atoms with E-state index >= 15 is 0 Å². The highest BCUT2D eigenvalue weighted by Crippen LogP contribution is 2.24. The van der Waals surface area contributed by atoms with Crippen LogP contribution in [0.2, 0.25) is 15.1 Å². The third-order valence-corrected chi connectivity index (χ3v) is 3.94. The van der Waals surface area contributed by atoms with Gasteiger partial charge < -0.3 is 10.1 Å². The summed E-state index contributed by atoms with van der Waals surface area (Å²) in [4.78, 5) is 12.3. The molecule has 1 atom stereocenters. The zero-order valence-corrected chi connectivity index (χ0v) is 14.2. The highest BCUT2D eigenvalue weighted by Gasteiger charge is 2.13. The second kappa shape index (κ2) is 7.33. The van der Waals surface area contributed by atoms with Crippen molar-refractivity contribution in [3.63, 3.8) is 0 Å². The van der Waals surface area contributed by atoms with Gasteiger partial charge in [-0.25, -0.2) is 0 Å². The van der Waals surface area contributed by atoms with Crippen LogP contribution in [0.25, 0.3) is 5.69 Å². The van der Waals surface area contributed by atoms with Gasteiger partial charge >= 0.3 is 0 Å². The number of rotatable bonds is 5. The van der Waals surface area contributed by atoms with Crippen molar-refractivity contribution < 1.29 is 4.74 Å². The fourth-order valence-electron chi connectivity index (χ4n) is 1.72. The molecular formula is C14H14Cl3N3O2. The van der Waals surface area contributed by atoms with Crippen molar-refractivity contribution in [2.45, 2.75) is 13.0 Å². The Kier molecular flexibility index (Phi) is 5.69. The molecule has 0 amide bonds. The van der Waals surface area contributed by atoms with E-state index in [0.29, 0.717) is 28.0 Å². The molecule has 0 aliphatic rings. The average molecular weight is 363 g/mol. The molecule has 22 heavy (non-hydrogen) atoms. The molecule has 118 valence electrons. The van der Waals surface area contributed by atoms with E-state index < -0.39 is 5.56 Å². The van der Waals surface area contributed by atoms with Crippen molar-refractivity contribution in [2.75, 3.05) is 19.0 Å². The Bertz CT molecular complexity index is 734. The van der Waals surface area contributed by atoms with Crippen LogP contribution in [0, 0.1) is 0 Å². The molecule has 1 heterocycles. The zero-order chi connectivity index (χ0) is 16.3. The molecule has 0 fully saturated rings. The van der Waals surface area contributed by atoms with E-state index in [9.17, 15) is 4.79 Å². The molecule has 1 unspecified atom stereocenters. The summed E-state index contributed by atoms with van der Waals surface area (Å²) in [6.45, 7) is 2.39. The highest BCUT2D eigenvalue weighted by atomic mass is 35.5. The lowest BCUT2D eigenvalue weighted by Gasteiger charge is -2.14. The van der Waals surface area contributed by atoms with Crippen LogP contribution in [0.3, 0.4) is 0 Å². The second-order valence-corrected chi connectivity index (χ2v) is 5.83. The molecule has 2 rings (SSSR count). The molecular weight excluding hydrogens is 349 g/mol. The minimum absolute atomic E-state index is 0.0239. The van der Waals surface area contributed by atoms with Crippen molar-refractivity contribution in [1.29, 1.82) is 0 Å². The fraction of sp³-hybridized carbons (Fsp3) is 0.286. The Morgan fingerprint density at radius 3 is 2.73 bits per heavy atom. The van der Waals surface area contributed by atoms with Crippen LogP contribution in [0.15, 0.2) is 29.2 Å². The average Bonchev–Trinajstić information content (AvgIpc) is 2.49. The summed E-state index contributed by atoms with van der Waals surface area (Å²) in [6, 6.07) is 4.76. The van der Waals surface area contributed by atoms with E-state index in [1.165, 1.54) is 12.3 Å². The van der Waals surface area contributed by atoms with Gasteiger partial charge in [0.05, 0.1) is 28.7 Å². The number of aromatic nitrogens is 2. The second-order valence-electron chi connectivity index (χ2n) is 4.61. The van der Waals surface area contributed by atoms with Gasteiger partial charge in [0, 0.05) is 18.7 Å². The number of nitrogens with zero attached hydrogens (tertiary/aromatic N) is 2. The molecule has 0 radical (unpaired) electrons. The van der Waals surface area contributed by atoms with E-state index in [-0.39, 0.29) is 11.1 Å². The van der Waals surface area contributed by atoms with Crippen LogP contribution in [0.5, 0.6) is 0 Å². The largest absolute Gasteiger partial charge is 0.380 e. The molecule has 0 saturated carbocycles. The highest BCUT2D eigenvalue weighted by molar-refractivity contribution is 6.36. The molecule has 0 aliphatic heterocycles. The first-order chi connectivity index (χ1) is 10.4. The summed E-state index contributed by atoms with van der Waals surface area (Å²) in [5.74, 6) is 0. The number of hydrogen-bond acceptors (Lipinski definition) is 4. The molecule has 0 bridgehead atoms.